The van der Waals surface area contributed by atoms with Crippen molar-refractivity contribution in [2.24, 2.45) is 5.73 Å². The Kier molecular flexibility index (Phi) is 2.76. The van der Waals surface area contributed by atoms with E-state index in [4.69, 9.17) is 10.2 Å². The molecule has 1 aromatic heterocycles. The van der Waals surface area contributed by atoms with Gasteiger partial charge in [0.15, 0.2) is 0 Å². The molecule has 0 bridgehead atoms. The summed E-state index contributed by atoms with van der Waals surface area (Å²) in [5.74, 6) is 6.49. The number of furan rings is 1. The Bertz CT molecular complexity index is 253. The second kappa shape index (κ2) is 3.85. The molecular weight excluding hydrogens is 138 g/mol. The zero-order chi connectivity index (χ0) is 8.10. The van der Waals surface area contributed by atoms with Crippen molar-refractivity contribution in [2.75, 3.05) is 0 Å². The monoisotopic (exact) mass is 149 g/mol. The Morgan fingerprint density at radius 2 is 2.55 bits per heavy atom. The average molecular weight is 149 g/mol. The molecule has 11 heavy (non-hydrogen) atoms. The van der Waals surface area contributed by atoms with Gasteiger partial charge >= 0.3 is 0 Å². The molecule has 58 valence electrons. The van der Waals surface area contributed by atoms with Gasteiger partial charge in [-0.1, -0.05) is 0 Å². The van der Waals surface area contributed by atoms with Crippen molar-refractivity contribution < 1.29 is 4.42 Å². The van der Waals surface area contributed by atoms with Gasteiger partial charge in [-0.3, -0.25) is 0 Å². The summed E-state index contributed by atoms with van der Waals surface area (Å²) in [6.45, 7) is 1.80. The van der Waals surface area contributed by atoms with Gasteiger partial charge in [0, 0.05) is 6.42 Å². The van der Waals surface area contributed by atoms with Crippen LogP contribution in [0, 0.1) is 11.8 Å². The van der Waals surface area contributed by atoms with Gasteiger partial charge in [0.25, 0.3) is 0 Å². The van der Waals surface area contributed by atoms with E-state index in [1.165, 1.54) is 0 Å². The summed E-state index contributed by atoms with van der Waals surface area (Å²) < 4.78 is 5.10. The molecule has 1 rings (SSSR count). The van der Waals surface area contributed by atoms with Crippen LogP contribution in [0.25, 0.3) is 0 Å². The number of nitrogens with two attached hydrogens (primary N) is 1. The van der Waals surface area contributed by atoms with Crippen LogP contribution in [0.5, 0.6) is 0 Å². The van der Waals surface area contributed by atoms with Gasteiger partial charge in [-0.2, -0.15) is 0 Å². The van der Waals surface area contributed by atoms with Crippen LogP contribution >= 0.6 is 0 Å². The summed E-state index contributed by atoms with van der Waals surface area (Å²) in [6, 6.07) is 3.61. The molecule has 1 aromatic rings. The Hall–Kier alpha value is -1.20. The molecule has 0 fully saturated rings. The highest BCUT2D eigenvalue weighted by Gasteiger charge is 2.05. The first-order chi connectivity index (χ1) is 5.34. The summed E-state index contributed by atoms with van der Waals surface area (Å²) in [6.07, 6.45) is 2.28. The van der Waals surface area contributed by atoms with E-state index >= 15 is 0 Å². The second-order valence-corrected chi connectivity index (χ2v) is 2.25. The lowest BCUT2D eigenvalue weighted by molar-refractivity contribution is 0.469. The summed E-state index contributed by atoms with van der Waals surface area (Å²) in [5, 5.41) is 0. The quantitative estimate of drug-likeness (QED) is 0.650. The fraction of sp³-hybridized carbons (Fsp3) is 0.333. The lowest BCUT2D eigenvalue weighted by Crippen LogP contribution is -2.07. The highest BCUT2D eigenvalue weighted by Crippen LogP contribution is 2.12. The minimum Gasteiger partial charge on any atom is -0.468 e. The lowest BCUT2D eigenvalue weighted by atomic mass is 10.2. The number of hydrogen-bond donors (Lipinski definition) is 1. The summed E-state index contributed by atoms with van der Waals surface area (Å²) in [7, 11) is 0. The molecule has 2 N–H and O–H groups in total. The smallest absolute Gasteiger partial charge is 0.121 e. The Labute approximate surface area is 66.4 Å². The normalized spacial score (nSPS) is 11.8. The fourth-order valence-electron chi connectivity index (χ4n) is 0.815. The first kappa shape index (κ1) is 7.90. The van der Waals surface area contributed by atoms with Gasteiger partial charge in [-0.15, -0.1) is 11.8 Å². The average Bonchev–Trinajstić information content (AvgIpc) is 2.52. The summed E-state index contributed by atoms with van der Waals surface area (Å²) in [5.41, 5.74) is 5.73. The minimum atomic E-state index is -0.0857. The lowest BCUT2D eigenvalue weighted by Gasteiger charge is -2.01. The largest absolute Gasteiger partial charge is 0.468 e. The Morgan fingerprint density at radius 1 is 1.73 bits per heavy atom. The van der Waals surface area contributed by atoms with Crippen LogP contribution in [0.1, 0.15) is 25.1 Å². The molecule has 0 saturated carbocycles. The van der Waals surface area contributed by atoms with E-state index in [2.05, 4.69) is 11.8 Å². The van der Waals surface area contributed by atoms with E-state index in [-0.39, 0.29) is 6.04 Å². The number of rotatable bonds is 2. The molecular formula is C9H11NO. The van der Waals surface area contributed by atoms with Crippen molar-refractivity contribution in [1.82, 2.24) is 0 Å². The highest BCUT2D eigenvalue weighted by molar-refractivity contribution is 5.08. The van der Waals surface area contributed by atoms with E-state index in [0.29, 0.717) is 6.42 Å². The zero-order valence-electron chi connectivity index (χ0n) is 6.50. The molecule has 0 saturated heterocycles. The number of hydrogen-bond acceptors (Lipinski definition) is 2. The second-order valence-electron chi connectivity index (χ2n) is 2.25. The van der Waals surface area contributed by atoms with E-state index in [1.807, 2.05) is 12.1 Å². The molecule has 2 heteroatoms. The van der Waals surface area contributed by atoms with Gasteiger partial charge in [0.05, 0.1) is 12.3 Å². The van der Waals surface area contributed by atoms with Crippen LogP contribution in [-0.4, -0.2) is 0 Å². The Morgan fingerprint density at radius 3 is 3.09 bits per heavy atom. The molecule has 2 nitrogen and oxygen atoms in total. The van der Waals surface area contributed by atoms with Crippen LogP contribution in [0.15, 0.2) is 22.8 Å². The third-order valence-electron chi connectivity index (χ3n) is 1.41. The van der Waals surface area contributed by atoms with Gasteiger partial charge in [-0.25, -0.2) is 0 Å². The van der Waals surface area contributed by atoms with Crippen molar-refractivity contribution in [2.45, 2.75) is 19.4 Å². The van der Waals surface area contributed by atoms with Crippen LogP contribution in [0.2, 0.25) is 0 Å². The summed E-state index contributed by atoms with van der Waals surface area (Å²) in [4.78, 5) is 0. The molecule has 1 unspecified atom stereocenters. The maximum absolute atomic E-state index is 5.73. The Balaban J connectivity index is 2.53. The van der Waals surface area contributed by atoms with Crippen molar-refractivity contribution in [3.63, 3.8) is 0 Å². The predicted molar refractivity (Wildman–Crippen MR) is 43.7 cm³/mol. The van der Waals surface area contributed by atoms with Crippen LogP contribution in [-0.2, 0) is 0 Å². The third kappa shape index (κ3) is 2.14. The predicted octanol–water partition coefficient (Wildman–Crippen LogP) is 1.69. The molecule has 0 aromatic carbocycles. The highest BCUT2D eigenvalue weighted by atomic mass is 16.3. The SMILES string of the molecule is CC#CCC(N)c1ccco1. The van der Waals surface area contributed by atoms with E-state index in [0.717, 1.165) is 5.76 Å². The van der Waals surface area contributed by atoms with Gasteiger partial charge < -0.3 is 10.2 Å². The van der Waals surface area contributed by atoms with Gasteiger partial charge in [-0.05, 0) is 19.1 Å². The van der Waals surface area contributed by atoms with Gasteiger partial charge in [0.1, 0.15) is 5.76 Å². The molecule has 1 heterocycles. The van der Waals surface area contributed by atoms with Crippen LogP contribution < -0.4 is 5.73 Å². The molecule has 0 radical (unpaired) electrons. The summed E-state index contributed by atoms with van der Waals surface area (Å²) >= 11 is 0. The van der Waals surface area contributed by atoms with E-state index < -0.39 is 0 Å². The van der Waals surface area contributed by atoms with Crippen LogP contribution in [0.3, 0.4) is 0 Å². The van der Waals surface area contributed by atoms with E-state index in [1.54, 1.807) is 13.2 Å². The third-order valence-corrected chi connectivity index (χ3v) is 1.41. The first-order valence-corrected chi connectivity index (χ1v) is 3.53. The topological polar surface area (TPSA) is 39.2 Å². The van der Waals surface area contributed by atoms with E-state index in [9.17, 15) is 0 Å². The van der Waals surface area contributed by atoms with Crippen LogP contribution in [0.4, 0.5) is 0 Å². The fourth-order valence-corrected chi connectivity index (χ4v) is 0.815. The molecule has 1 atom stereocenters. The maximum Gasteiger partial charge on any atom is 0.121 e. The van der Waals surface area contributed by atoms with Crippen molar-refractivity contribution in [3.05, 3.63) is 24.2 Å². The standard InChI is InChI=1S/C9H11NO/c1-2-3-5-8(10)9-6-4-7-11-9/h4,6-8H,5,10H2,1H3. The molecule has 0 aliphatic rings. The first-order valence-electron chi connectivity index (χ1n) is 3.53. The minimum absolute atomic E-state index is 0.0857. The van der Waals surface area contributed by atoms with Crippen molar-refractivity contribution in [1.29, 1.82) is 0 Å². The van der Waals surface area contributed by atoms with Crippen molar-refractivity contribution >= 4 is 0 Å². The molecule has 0 amide bonds. The maximum atomic E-state index is 5.73. The molecule has 0 aliphatic heterocycles. The molecule has 0 spiro atoms. The van der Waals surface area contributed by atoms with Gasteiger partial charge in [0.2, 0.25) is 0 Å². The van der Waals surface area contributed by atoms with Crippen molar-refractivity contribution in [3.8, 4) is 11.8 Å². The zero-order valence-corrected chi connectivity index (χ0v) is 6.50. The molecule has 0 aliphatic carbocycles.